The first-order valence-corrected chi connectivity index (χ1v) is 7.95. The zero-order chi connectivity index (χ0) is 15.4. The Balaban J connectivity index is 2.89. The molecule has 0 bridgehead atoms. The van der Waals surface area contributed by atoms with Gasteiger partial charge in [0.1, 0.15) is 17.5 Å². The van der Waals surface area contributed by atoms with E-state index < -0.39 is 7.60 Å². The maximum Gasteiger partial charge on any atom is 0.337 e. The standard InChI is InChI=1S/C14H21O5P/c1-14(2,3)19-12-8-6-7-11(9-12)13(15)10-20(16,17-4)18-5/h6-9H,10H2,1-5H3. The van der Waals surface area contributed by atoms with Crippen LogP contribution in [0.5, 0.6) is 5.75 Å². The summed E-state index contributed by atoms with van der Waals surface area (Å²) in [6.07, 6.45) is -0.293. The van der Waals surface area contributed by atoms with Crippen LogP contribution in [0.25, 0.3) is 0 Å². The van der Waals surface area contributed by atoms with E-state index >= 15 is 0 Å². The Kier molecular flexibility index (Phi) is 5.51. The highest BCUT2D eigenvalue weighted by molar-refractivity contribution is 7.54. The summed E-state index contributed by atoms with van der Waals surface area (Å²) < 4.78 is 27.2. The van der Waals surface area contributed by atoms with E-state index in [1.165, 1.54) is 14.2 Å². The van der Waals surface area contributed by atoms with Gasteiger partial charge >= 0.3 is 7.60 Å². The summed E-state index contributed by atoms with van der Waals surface area (Å²) in [5.41, 5.74) is 0.0665. The fourth-order valence-electron chi connectivity index (χ4n) is 1.56. The average molecular weight is 300 g/mol. The molecule has 0 unspecified atom stereocenters. The van der Waals surface area contributed by atoms with Gasteiger partial charge in [-0.25, -0.2) is 0 Å². The van der Waals surface area contributed by atoms with Crippen molar-refractivity contribution in [1.82, 2.24) is 0 Å². The normalized spacial score (nSPS) is 12.2. The van der Waals surface area contributed by atoms with E-state index in [1.807, 2.05) is 20.8 Å². The number of hydrogen-bond donors (Lipinski definition) is 0. The molecule has 1 aromatic carbocycles. The Hall–Kier alpha value is -1.16. The molecule has 0 N–H and O–H groups in total. The van der Waals surface area contributed by atoms with Gasteiger partial charge in [-0.3, -0.25) is 9.36 Å². The van der Waals surface area contributed by atoms with Gasteiger partial charge in [-0.15, -0.1) is 0 Å². The lowest BCUT2D eigenvalue weighted by Gasteiger charge is -2.21. The minimum absolute atomic E-state index is 0.293. The van der Waals surface area contributed by atoms with Crippen molar-refractivity contribution in [3.63, 3.8) is 0 Å². The van der Waals surface area contributed by atoms with Crippen LogP contribution < -0.4 is 4.74 Å². The van der Waals surface area contributed by atoms with Crippen molar-refractivity contribution in [2.45, 2.75) is 26.4 Å². The van der Waals surface area contributed by atoms with Crippen molar-refractivity contribution < 1.29 is 23.1 Å². The van der Waals surface area contributed by atoms with Gasteiger partial charge in [-0.2, -0.15) is 0 Å². The van der Waals surface area contributed by atoms with Crippen LogP contribution in [0.1, 0.15) is 31.1 Å². The molecule has 0 fully saturated rings. The fourth-order valence-corrected chi connectivity index (χ4v) is 2.50. The van der Waals surface area contributed by atoms with Crippen molar-refractivity contribution >= 4 is 13.4 Å². The van der Waals surface area contributed by atoms with E-state index in [4.69, 9.17) is 13.8 Å². The molecular weight excluding hydrogens is 279 g/mol. The topological polar surface area (TPSA) is 61.8 Å². The highest BCUT2D eigenvalue weighted by atomic mass is 31.2. The lowest BCUT2D eigenvalue weighted by molar-refractivity contribution is 0.100. The monoisotopic (exact) mass is 300 g/mol. The highest BCUT2D eigenvalue weighted by Crippen LogP contribution is 2.46. The summed E-state index contributed by atoms with van der Waals surface area (Å²) in [7, 11) is -0.828. The molecule has 0 spiro atoms. The van der Waals surface area contributed by atoms with E-state index in [0.717, 1.165) is 0 Å². The van der Waals surface area contributed by atoms with Gasteiger partial charge in [0, 0.05) is 19.8 Å². The first kappa shape index (κ1) is 16.9. The van der Waals surface area contributed by atoms with Crippen molar-refractivity contribution in [2.24, 2.45) is 0 Å². The quantitative estimate of drug-likeness (QED) is 0.594. The number of carbonyl (C=O) groups is 1. The molecule has 0 atom stereocenters. The molecule has 0 heterocycles. The summed E-state index contributed by atoms with van der Waals surface area (Å²) in [5, 5.41) is 0. The van der Waals surface area contributed by atoms with E-state index in [2.05, 4.69) is 0 Å². The van der Waals surface area contributed by atoms with Crippen molar-refractivity contribution in [2.75, 3.05) is 20.4 Å². The molecule has 6 heteroatoms. The maximum atomic E-state index is 12.1. The first-order chi connectivity index (χ1) is 9.19. The van der Waals surface area contributed by atoms with Crippen LogP contribution in [0.4, 0.5) is 0 Å². The molecule has 0 saturated carbocycles. The van der Waals surface area contributed by atoms with Crippen LogP contribution in [0.2, 0.25) is 0 Å². The fraction of sp³-hybridized carbons (Fsp3) is 0.500. The van der Waals surface area contributed by atoms with E-state index in [0.29, 0.717) is 11.3 Å². The van der Waals surface area contributed by atoms with E-state index in [1.54, 1.807) is 24.3 Å². The molecule has 0 amide bonds. The van der Waals surface area contributed by atoms with Crippen LogP contribution in [0.3, 0.4) is 0 Å². The summed E-state index contributed by atoms with van der Waals surface area (Å²) in [6, 6.07) is 6.77. The van der Waals surface area contributed by atoms with Gasteiger partial charge in [0.05, 0.1) is 0 Å². The van der Waals surface area contributed by atoms with Gasteiger partial charge in [0.15, 0.2) is 5.78 Å². The number of rotatable bonds is 6. The van der Waals surface area contributed by atoms with Crippen LogP contribution in [0, 0.1) is 0 Å². The SMILES string of the molecule is COP(=O)(CC(=O)c1cccc(OC(C)(C)C)c1)OC. The Morgan fingerprint density at radius 2 is 1.80 bits per heavy atom. The number of Topliss-reactive ketones (excluding diaryl/α,β-unsaturated/α-hetero) is 1. The molecule has 0 aromatic heterocycles. The number of hydrogen-bond acceptors (Lipinski definition) is 5. The summed E-state index contributed by atoms with van der Waals surface area (Å²) >= 11 is 0. The largest absolute Gasteiger partial charge is 0.488 e. The first-order valence-electron chi connectivity index (χ1n) is 6.22. The second-order valence-corrected chi connectivity index (χ2v) is 7.57. The number of ketones is 1. The number of benzene rings is 1. The zero-order valence-corrected chi connectivity index (χ0v) is 13.4. The lowest BCUT2D eigenvalue weighted by atomic mass is 10.1. The number of ether oxygens (including phenoxy) is 1. The predicted octanol–water partition coefficient (Wildman–Crippen LogP) is 3.53. The van der Waals surface area contributed by atoms with Gasteiger partial charge < -0.3 is 13.8 Å². The minimum Gasteiger partial charge on any atom is -0.488 e. The smallest absolute Gasteiger partial charge is 0.337 e. The molecule has 20 heavy (non-hydrogen) atoms. The van der Waals surface area contributed by atoms with Gasteiger partial charge in [-0.05, 0) is 32.9 Å². The zero-order valence-electron chi connectivity index (χ0n) is 12.5. The predicted molar refractivity (Wildman–Crippen MR) is 77.6 cm³/mol. The molecule has 112 valence electrons. The van der Waals surface area contributed by atoms with Crippen LogP contribution >= 0.6 is 7.60 Å². The Labute approximate surface area is 119 Å². The van der Waals surface area contributed by atoms with Crippen LogP contribution in [0.15, 0.2) is 24.3 Å². The van der Waals surface area contributed by atoms with Crippen molar-refractivity contribution in [3.8, 4) is 5.75 Å². The third kappa shape index (κ3) is 5.08. The van der Waals surface area contributed by atoms with Crippen molar-refractivity contribution in [1.29, 1.82) is 0 Å². The Morgan fingerprint density at radius 1 is 1.20 bits per heavy atom. The summed E-state index contributed by atoms with van der Waals surface area (Å²) in [6.45, 7) is 5.77. The van der Waals surface area contributed by atoms with Crippen molar-refractivity contribution in [3.05, 3.63) is 29.8 Å². The lowest BCUT2D eigenvalue weighted by Crippen LogP contribution is -2.23. The van der Waals surface area contributed by atoms with Gasteiger partial charge in [0.2, 0.25) is 0 Å². The summed E-state index contributed by atoms with van der Waals surface area (Å²) in [4.78, 5) is 12.1. The third-order valence-corrected chi connectivity index (χ3v) is 4.26. The molecule has 1 aromatic rings. The molecule has 0 aliphatic carbocycles. The minimum atomic E-state index is -3.35. The number of carbonyl (C=O) groups excluding carboxylic acids is 1. The molecule has 5 nitrogen and oxygen atoms in total. The van der Waals surface area contributed by atoms with Crippen LogP contribution in [-0.2, 0) is 13.6 Å². The van der Waals surface area contributed by atoms with E-state index in [9.17, 15) is 9.36 Å². The Bertz CT molecular complexity index is 511. The van der Waals surface area contributed by atoms with Gasteiger partial charge in [-0.1, -0.05) is 12.1 Å². The third-order valence-electron chi connectivity index (χ3n) is 2.47. The molecule has 0 aliphatic rings. The van der Waals surface area contributed by atoms with E-state index in [-0.39, 0.29) is 17.5 Å². The van der Waals surface area contributed by atoms with Crippen LogP contribution in [-0.4, -0.2) is 31.8 Å². The average Bonchev–Trinajstić information content (AvgIpc) is 2.37. The highest BCUT2D eigenvalue weighted by Gasteiger charge is 2.26. The Morgan fingerprint density at radius 3 is 2.30 bits per heavy atom. The van der Waals surface area contributed by atoms with Gasteiger partial charge in [0.25, 0.3) is 0 Å². The maximum absolute atomic E-state index is 12.1. The molecule has 0 saturated heterocycles. The molecule has 1 rings (SSSR count). The second-order valence-electron chi connectivity index (χ2n) is 5.30. The second kappa shape index (κ2) is 6.53. The molecular formula is C14H21O5P. The molecule has 0 radical (unpaired) electrons. The molecule has 0 aliphatic heterocycles. The summed E-state index contributed by atoms with van der Waals surface area (Å²) in [5.74, 6) is 0.282.